The van der Waals surface area contributed by atoms with E-state index < -0.39 is 53.9 Å². The summed E-state index contributed by atoms with van der Waals surface area (Å²) in [7, 11) is 0. The number of hydrogen-bond acceptors (Lipinski definition) is 7. The lowest BCUT2D eigenvalue weighted by Gasteiger charge is -2.47. The van der Waals surface area contributed by atoms with Gasteiger partial charge in [-0.15, -0.1) is 0 Å². The maximum absolute atomic E-state index is 13.8. The Kier molecular flexibility index (Phi) is 11.7. The normalized spacial score (nSPS) is 21.5. The first kappa shape index (κ1) is 35.9. The van der Waals surface area contributed by atoms with Gasteiger partial charge < -0.3 is 26.8 Å². The molecule has 3 aromatic rings. The van der Waals surface area contributed by atoms with Crippen LogP contribution >= 0.6 is 0 Å². The van der Waals surface area contributed by atoms with Crippen molar-refractivity contribution in [2.24, 2.45) is 17.6 Å². The lowest BCUT2D eigenvalue weighted by atomic mass is 9.72. The van der Waals surface area contributed by atoms with Crippen LogP contribution in [0.25, 0.3) is 10.9 Å². The highest BCUT2D eigenvalue weighted by Crippen LogP contribution is 2.39. The second-order valence-electron chi connectivity index (χ2n) is 14.7. The summed E-state index contributed by atoms with van der Waals surface area (Å²) in [5.74, 6) is -1.20. The molecule has 2 fully saturated rings. The number of para-hydroxylation sites is 1. The molecule has 2 heterocycles. The van der Waals surface area contributed by atoms with Crippen LogP contribution in [-0.2, 0) is 20.8 Å². The molecule has 1 aliphatic carbocycles. The van der Waals surface area contributed by atoms with Crippen molar-refractivity contribution in [1.82, 2.24) is 25.8 Å². The third-order valence-electron chi connectivity index (χ3n) is 9.67. The molecular weight excluding hydrogens is 620 g/mol. The van der Waals surface area contributed by atoms with Crippen molar-refractivity contribution >= 4 is 34.5 Å². The maximum atomic E-state index is 13.8. The molecule has 11 nitrogen and oxygen atoms in total. The van der Waals surface area contributed by atoms with Gasteiger partial charge in [-0.3, -0.25) is 24.1 Å². The predicted octanol–water partition coefficient (Wildman–Crippen LogP) is 3.09. The van der Waals surface area contributed by atoms with Crippen molar-refractivity contribution in [2.75, 3.05) is 13.1 Å². The van der Waals surface area contributed by atoms with Gasteiger partial charge in [0, 0.05) is 24.0 Å². The number of nitrogens with two attached hydrogens (primary N) is 1. The molecule has 1 unspecified atom stereocenters. The van der Waals surface area contributed by atoms with Crippen LogP contribution in [0.3, 0.4) is 0 Å². The summed E-state index contributed by atoms with van der Waals surface area (Å²) < 4.78 is 0. The summed E-state index contributed by atoms with van der Waals surface area (Å²) in [4.78, 5) is 59.3. The second-order valence-corrected chi connectivity index (χ2v) is 14.7. The standard InChI is InChI=1S/C38H50N6O5/c1-38(2,3)43-37(49)32-20-26-14-7-8-15-27(26)22-44(32)23-33(45)30(19-24-11-5-4-6-12-24)41-36(48)31(21-34(39)46)42-35(47)29-18-17-25-13-9-10-16-28(25)40-29/h4-6,9-13,16-18,26-27,30-33,45H,7-8,14-15,19-23H2,1-3H3,(H2,39,46)(H,41,48)(H,42,47)(H,43,49)/t26-,27+,30-,31?,32-,33+/m1/s1. The Labute approximate surface area is 288 Å². The van der Waals surface area contributed by atoms with Crippen molar-refractivity contribution in [3.05, 3.63) is 78.0 Å². The highest BCUT2D eigenvalue weighted by atomic mass is 16.3. The van der Waals surface area contributed by atoms with Crippen LogP contribution in [0.2, 0.25) is 0 Å². The number of fused-ring (bicyclic) bond motifs is 2. The van der Waals surface area contributed by atoms with Crippen molar-refractivity contribution in [2.45, 2.75) is 95.5 Å². The Morgan fingerprint density at radius 1 is 0.939 bits per heavy atom. The van der Waals surface area contributed by atoms with E-state index in [2.05, 4.69) is 25.8 Å². The number of benzene rings is 2. The van der Waals surface area contributed by atoms with Gasteiger partial charge in [-0.05, 0) is 69.6 Å². The van der Waals surface area contributed by atoms with Crippen LogP contribution in [0.4, 0.5) is 0 Å². The molecule has 262 valence electrons. The Balaban J connectivity index is 1.35. The van der Waals surface area contributed by atoms with E-state index in [-0.39, 0.29) is 24.6 Å². The number of aliphatic hydroxyl groups is 1. The van der Waals surface area contributed by atoms with Crippen LogP contribution < -0.4 is 21.7 Å². The van der Waals surface area contributed by atoms with Gasteiger partial charge in [0.25, 0.3) is 5.91 Å². The zero-order chi connectivity index (χ0) is 35.1. The third kappa shape index (κ3) is 9.86. The van der Waals surface area contributed by atoms with E-state index in [0.717, 1.165) is 36.6 Å². The van der Waals surface area contributed by atoms with E-state index in [1.54, 1.807) is 18.2 Å². The number of hydrogen-bond donors (Lipinski definition) is 5. The van der Waals surface area contributed by atoms with Crippen LogP contribution in [0, 0.1) is 11.8 Å². The van der Waals surface area contributed by atoms with Crippen LogP contribution in [-0.4, -0.2) is 81.5 Å². The number of primary amides is 1. The molecule has 1 saturated carbocycles. The average Bonchev–Trinajstić information content (AvgIpc) is 3.06. The minimum atomic E-state index is -1.30. The first-order valence-corrected chi connectivity index (χ1v) is 17.4. The van der Waals surface area contributed by atoms with E-state index in [4.69, 9.17) is 5.73 Å². The summed E-state index contributed by atoms with van der Waals surface area (Å²) in [5.41, 5.74) is 6.70. The first-order chi connectivity index (χ1) is 23.4. The van der Waals surface area contributed by atoms with Gasteiger partial charge in [0.2, 0.25) is 17.7 Å². The van der Waals surface area contributed by atoms with Crippen LogP contribution in [0.1, 0.15) is 75.3 Å². The maximum Gasteiger partial charge on any atom is 0.270 e. The molecule has 1 aromatic heterocycles. The molecule has 0 spiro atoms. The van der Waals surface area contributed by atoms with Crippen molar-refractivity contribution in [3.63, 3.8) is 0 Å². The highest BCUT2D eigenvalue weighted by molar-refractivity contribution is 5.99. The minimum Gasteiger partial charge on any atom is -0.390 e. The molecule has 5 rings (SSSR count). The number of carbonyl (C=O) groups excluding carboxylic acids is 4. The zero-order valence-corrected chi connectivity index (χ0v) is 28.7. The molecule has 6 N–H and O–H groups in total. The number of rotatable bonds is 12. The van der Waals surface area contributed by atoms with Gasteiger partial charge in [-0.1, -0.05) is 73.9 Å². The Hall–Kier alpha value is -4.35. The van der Waals surface area contributed by atoms with Gasteiger partial charge in [0.05, 0.1) is 30.1 Å². The van der Waals surface area contributed by atoms with Crippen molar-refractivity contribution in [3.8, 4) is 0 Å². The topological polar surface area (TPSA) is 167 Å². The SMILES string of the molecule is CC(C)(C)NC(=O)[C@H]1C[C@H]2CCCC[C@H]2CN1C[C@H](O)[C@@H](Cc1ccccc1)NC(=O)C(CC(N)=O)NC(=O)c1ccc2ccccc2n1. The van der Waals surface area contributed by atoms with E-state index in [1.807, 2.05) is 69.3 Å². The lowest BCUT2D eigenvalue weighted by Crippen LogP contribution is -2.61. The number of pyridine rings is 1. The fraction of sp³-hybridized carbons (Fsp3) is 0.500. The van der Waals surface area contributed by atoms with Crippen molar-refractivity contribution < 1.29 is 24.3 Å². The summed E-state index contributed by atoms with van der Waals surface area (Å²) in [6.07, 6.45) is 4.03. The molecule has 1 saturated heterocycles. The summed E-state index contributed by atoms with van der Waals surface area (Å²) in [6.45, 7) is 6.73. The zero-order valence-electron chi connectivity index (χ0n) is 28.7. The second kappa shape index (κ2) is 15.9. The molecule has 2 aromatic carbocycles. The summed E-state index contributed by atoms with van der Waals surface area (Å²) in [5, 5.41) is 21.4. The number of aromatic nitrogens is 1. The molecule has 2 aliphatic rings. The molecule has 4 amide bonds. The number of aliphatic hydroxyl groups excluding tert-OH is 1. The molecule has 11 heteroatoms. The average molecular weight is 671 g/mol. The Morgan fingerprint density at radius 3 is 2.35 bits per heavy atom. The molecule has 1 aliphatic heterocycles. The Bertz CT molecular complexity index is 1630. The fourth-order valence-electron chi connectivity index (χ4n) is 7.26. The van der Waals surface area contributed by atoms with Crippen LogP contribution in [0.15, 0.2) is 66.7 Å². The van der Waals surface area contributed by atoms with Crippen LogP contribution in [0.5, 0.6) is 0 Å². The predicted molar refractivity (Wildman–Crippen MR) is 188 cm³/mol. The smallest absolute Gasteiger partial charge is 0.270 e. The van der Waals surface area contributed by atoms with E-state index in [1.165, 1.54) is 6.42 Å². The first-order valence-electron chi connectivity index (χ1n) is 17.4. The van der Waals surface area contributed by atoms with Crippen molar-refractivity contribution in [1.29, 1.82) is 0 Å². The van der Waals surface area contributed by atoms with E-state index in [0.29, 0.717) is 23.9 Å². The Morgan fingerprint density at radius 2 is 1.63 bits per heavy atom. The number of nitrogens with one attached hydrogen (secondary N) is 3. The highest BCUT2D eigenvalue weighted by Gasteiger charge is 2.42. The molecule has 0 radical (unpaired) electrons. The minimum absolute atomic E-state index is 0.0566. The molecule has 0 bridgehead atoms. The van der Waals surface area contributed by atoms with Gasteiger partial charge in [0.15, 0.2) is 0 Å². The van der Waals surface area contributed by atoms with Gasteiger partial charge in [-0.2, -0.15) is 0 Å². The fourth-order valence-corrected chi connectivity index (χ4v) is 7.26. The monoisotopic (exact) mass is 670 g/mol. The van der Waals surface area contributed by atoms with Gasteiger partial charge in [0.1, 0.15) is 11.7 Å². The number of carbonyl (C=O) groups is 4. The molecular formula is C38H50N6O5. The van der Waals surface area contributed by atoms with Gasteiger partial charge >= 0.3 is 0 Å². The van der Waals surface area contributed by atoms with E-state index in [9.17, 15) is 24.3 Å². The van der Waals surface area contributed by atoms with Gasteiger partial charge in [-0.25, -0.2) is 4.98 Å². The quantitative estimate of drug-likeness (QED) is 0.198. The number of β-amino-alcohol motifs (C(OH)–C–C–N with tert-alkyl or cyclic N) is 1. The molecule has 6 atom stereocenters. The number of piperidine rings is 1. The number of amides is 4. The number of likely N-dealkylation sites (tertiary alicyclic amines) is 1. The largest absolute Gasteiger partial charge is 0.390 e. The molecule has 49 heavy (non-hydrogen) atoms. The third-order valence-corrected chi connectivity index (χ3v) is 9.67. The summed E-state index contributed by atoms with van der Waals surface area (Å²) >= 11 is 0. The summed E-state index contributed by atoms with van der Waals surface area (Å²) in [6, 6.07) is 17.6. The lowest BCUT2D eigenvalue weighted by molar-refractivity contribution is -0.133. The van der Waals surface area contributed by atoms with E-state index >= 15 is 0 Å². The number of nitrogens with zero attached hydrogens (tertiary/aromatic N) is 2.